The normalized spacial score (nSPS) is 38.7. The van der Waals surface area contributed by atoms with Gasteiger partial charge in [0, 0.05) is 23.3 Å². The first-order valence-corrected chi connectivity index (χ1v) is 7.98. The molecule has 0 aromatic carbocycles. The van der Waals surface area contributed by atoms with Gasteiger partial charge in [0.05, 0.1) is 0 Å². The van der Waals surface area contributed by atoms with Crippen molar-refractivity contribution in [2.45, 2.75) is 45.1 Å². The summed E-state index contributed by atoms with van der Waals surface area (Å²) >= 11 is 0. The molecule has 2 fully saturated rings. The summed E-state index contributed by atoms with van der Waals surface area (Å²) in [6.07, 6.45) is 5.47. The van der Waals surface area contributed by atoms with Crippen LogP contribution in [0.15, 0.2) is 0 Å². The second-order valence-corrected chi connectivity index (χ2v) is 7.30. The molecule has 3 unspecified atom stereocenters. The first-order valence-electron chi connectivity index (χ1n) is 5.71. The Bertz CT molecular complexity index is 330. The van der Waals surface area contributed by atoms with Crippen molar-refractivity contribution in [3.8, 4) is 0 Å². The number of hydrogen-bond donors (Lipinski definition) is 0. The van der Waals surface area contributed by atoms with Crippen LogP contribution in [0.25, 0.3) is 0 Å². The Hall–Kier alpha value is 0.200. The number of rotatable bonds is 1. The molecule has 5 heteroatoms. The second kappa shape index (κ2) is 4.22. The number of nitrogens with zero attached hydrogens (tertiary/aromatic N) is 1. The third-order valence-electron chi connectivity index (χ3n) is 3.97. The molecule has 0 aromatic rings. The predicted molar refractivity (Wildman–Crippen MR) is 61.0 cm³/mol. The van der Waals surface area contributed by atoms with Crippen molar-refractivity contribution in [2.75, 3.05) is 6.54 Å². The van der Waals surface area contributed by atoms with Crippen LogP contribution in [-0.4, -0.2) is 25.3 Å². The van der Waals surface area contributed by atoms with E-state index in [1.807, 2.05) is 0 Å². The van der Waals surface area contributed by atoms with Crippen molar-refractivity contribution in [3.05, 3.63) is 0 Å². The molecule has 2 aliphatic rings. The molecule has 0 amide bonds. The van der Waals surface area contributed by atoms with Gasteiger partial charge in [-0.2, -0.15) is 12.7 Å². The molecule has 0 bridgehead atoms. The minimum atomic E-state index is -3.51. The Morgan fingerprint density at radius 3 is 2.53 bits per heavy atom. The van der Waals surface area contributed by atoms with Gasteiger partial charge in [-0.25, -0.2) is 0 Å². The van der Waals surface area contributed by atoms with Crippen LogP contribution in [0.1, 0.15) is 39.0 Å². The maximum Gasteiger partial charge on any atom is 0.300 e. The highest BCUT2D eigenvalue weighted by atomic mass is 35.7. The van der Waals surface area contributed by atoms with Gasteiger partial charge in [0.15, 0.2) is 0 Å². The number of hydrogen-bond acceptors (Lipinski definition) is 2. The molecule has 3 atom stereocenters. The van der Waals surface area contributed by atoms with E-state index in [2.05, 4.69) is 6.92 Å². The van der Waals surface area contributed by atoms with Crippen LogP contribution >= 0.6 is 10.7 Å². The highest BCUT2D eigenvalue weighted by Crippen LogP contribution is 2.40. The maximum atomic E-state index is 11.4. The summed E-state index contributed by atoms with van der Waals surface area (Å²) in [5, 5.41) is 0. The lowest BCUT2D eigenvalue weighted by molar-refractivity contribution is 0.0844. The molecule has 88 valence electrons. The molecule has 1 saturated heterocycles. The van der Waals surface area contributed by atoms with E-state index in [4.69, 9.17) is 10.7 Å². The largest absolute Gasteiger partial charge is 0.300 e. The molecular formula is C10H18ClNO2S. The summed E-state index contributed by atoms with van der Waals surface area (Å²) in [4.78, 5) is 0. The fourth-order valence-corrected chi connectivity index (χ4v) is 4.57. The summed E-state index contributed by atoms with van der Waals surface area (Å²) in [6.45, 7) is 2.84. The molecule has 1 aliphatic heterocycles. The first kappa shape index (κ1) is 11.7. The molecule has 1 saturated carbocycles. The lowest BCUT2D eigenvalue weighted by Crippen LogP contribution is -2.50. The summed E-state index contributed by atoms with van der Waals surface area (Å²) in [5.41, 5.74) is 0. The number of halogens is 1. The predicted octanol–water partition coefficient (Wildman–Crippen LogP) is 2.37. The zero-order chi connectivity index (χ0) is 11.1. The van der Waals surface area contributed by atoms with Crippen LogP contribution in [0.4, 0.5) is 0 Å². The van der Waals surface area contributed by atoms with Crippen LogP contribution in [0, 0.1) is 11.8 Å². The Morgan fingerprint density at radius 1 is 1.20 bits per heavy atom. The molecule has 2 rings (SSSR count). The van der Waals surface area contributed by atoms with E-state index in [1.165, 1.54) is 10.7 Å². The van der Waals surface area contributed by atoms with Gasteiger partial charge in [-0.1, -0.05) is 19.8 Å². The average molecular weight is 252 g/mol. The van der Waals surface area contributed by atoms with Crippen LogP contribution in [0.5, 0.6) is 0 Å². The summed E-state index contributed by atoms with van der Waals surface area (Å²) in [6, 6.07) is 0.171. The monoisotopic (exact) mass is 251 g/mol. The van der Waals surface area contributed by atoms with Gasteiger partial charge in [0.25, 0.3) is 9.24 Å². The van der Waals surface area contributed by atoms with Gasteiger partial charge >= 0.3 is 0 Å². The van der Waals surface area contributed by atoms with Crippen LogP contribution in [0.2, 0.25) is 0 Å². The molecule has 0 spiro atoms. The summed E-state index contributed by atoms with van der Waals surface area (Å²) in [7, 11) is 1.96. The van der Waals surface area contributed by atoms with E-state index >= 15 is 0 Å². The fourth-order valence-electron chi connectivity index (χ4n) is 3.14. The third kappa shape index (κ3) is 2.32. The van der Waals surface area contributed by atoms with Gasteiger partial charge in [0.2, 0.25) is 0 Å². The number of piperidine rings is 1. The van der Waals surface area contributed by atoms with E-state index in [1.54, 1.807) is 0 Å². The molecule has 3 nitrogen and oxygen atoms in total. The zero-order valence-corrected chi connectivity index (χ0v) is 10.6. The SMILES string of the molecule is CC1CCN(S(=O)(=O)Cl)C2CCCCC12. The smallest absolute Gasteiger partial charge is 0.195 e. The van der Waals surface area contributed by atoms with Crippen molar-refractivity contribution in [3.63, 3.8) is 0 Å². The van der Waals surface area contributed by atoms with E-state index < -0.39 is 9.24 Å². The van der Waals surface area contributed by atoms with Crippen molar-refractivity contribution >= 4 is 19.9 Å². The van der Waals surface area contributed by atoms with E-state index in [9.17, 15) is 8.42 Å². The van der Waals surface area contributed by atoms with Crippen molar-refractivity contribution in [1.82, 2.24) is 4.31 Å². The van der Waals surface area contributed by atoms with Gasteiger partial charge in [0.1, 0.15) is 0 Å². The second-order valence-electron chi connectivity index (χ2n) is 4.83. The van der Waals surface area contributed by atoms with Crippen LogP contribution in [-0.2, 0) is 9.24 Å². The molecule has 15 heavy (non-hydrogen) atoms. The van der Waals surface area contributed by atoms with Crippen molar-refractivity contribution in [2.24, 2.45) is 11.8 Å². The molecule has 0 N–H and O–H groups in total. The van der Waals surface area contributed by atoms with Crippen molar-refractivity contribution in [1.29, 1.82) is 0 Å². The van der Waals surface area contributed by atoms with E-state index in [-0.39, 0.29) is 6.04 Å². The molecule has 1 heterocycles. The minimum absolute atomic E-state index is 0.171. The topological polar surface area (TPSA) is 37.4 Å². The van der Waals surface area contributed by atoms with Crippen LogP contribution in [0.3, 0.4) is 0 Å². The van der Waals surface area contributed by atoms with Crippen LogP contribution < -0.4 is 0 Å². The lowest BCUT2D eigenvalue weighted by atomic mass is 9.74. The molecule has 0 aromatic heterocycles. The molecule has 0 radical (unpaired) electrons. The van der Waals surface area contributed by atoms with E-state index in [0.717, 1.165) is 25.7 Å². The van der Waals surface area contributed by atoms with Crippen molar-refractivity contribution < 1.29 is 8.42 Å². The minimum Gasteiger partial charge on any atom is -0.195 e. The average Bonchev–Trinajstić information content (AvgIpc) is 2.17. The Morgan fingerprint density at radius 2 is 1.87 bits per heavy atom. The zero-order valence-electron chi connectivity index (χ0n) is 9.02. The molecule has 1 aliphatic carbocycles. The third-order valence-corrected chi connectivity index (χ3v) is 5.51. The molecular weight excluding hydrogens is 234 g/mol. The summed E-state index contributed by atoms with van der Waals surface area (Å²) < 4.78 is 24.4. The standard InChI is InChI=1S/C10H18ClNO2S/c1-8-6-7-12(15(11,13)14)10-5-3-2-4-9(8)10/h8-10H,2-7H2,1H3. The highest BCUT2D eigenvalue weighted by Gasteiger charge is 2.41. The highest BCUT2D eigenvalue weighted by molar-refractivity contribution is 8.11. The van der Waals surface area contributed by atoms with E-state index in [0.29, 0.717) is 18.4 Å². The Labute approximate surface area is 96.3 Å². The van der Waals surface area contributed by atoms with Gasteiger partial charge < -0.3 is 0 Å². The summed E-state index contributed by atoms with van der Waals surface area (Å²) in [5.74, 6) is 1.17. The first-order chi connectivity index (χ1) is 7.00. The number of fused-ring (bicyclic) bond motifs is 1. The van der Waals surface area contributed by atoms with Gasteiger partial charge in [-0.05, 0) is 31.1 Å². The fraction of sp³-hybridized carbons (Fsp3) is 1.00. The lowest BCUT2D eigenvalue weighted by Gasteiger charge is -2.45. The maximum absolute atomic E-state index is 11.4. The van der Waals surface area contributed by atoms with Gasteiger partial charge in [-0.3, -0.25) is 0 Å². The Balaban J connectivity index is 2.21. The quantitative estimate of drug-likeness (QED) is 0.671. The van der Waals surface area contributed by atoms with Gasteiger partial charge in [-0.15, -0.1) is 0 Å². The Kier molecular flexibility index (Phi) is 3.29.